The molecule has 3 aromatic carbocycles. The lowest BCUT2D eigenvalue weighted by molar-refractivity contribution is -0.141. The average Bonchev–Trinajstić information content (AvgIpc) is 3.50. The number of aliphatic carboxylic acids is 1. The van der Waals surface area contributed by atoms with Crippen molar-refractivity contribution in [2.24, 2.45) is 23.7 Å². The van der Waals surface area contributed by atoms with E-state index in [1.165, 1.54) is 30.2 Å². The number of nitrogens with one attached hydrogen (secondary N) is 1. The fourth-order valence-corrected chi connectivity index (χ4v) is 9.58. The van der Waals surface area contributed by atoms with E-state index >= 15 is 4.79 Å². The number of halogens is 3. The number of imide groups is 2. The summed E-state index contributed by atoms with van der Waals surface area (Å²) in [5, 5.41) is 22.3. The van der Waals surface area contributed by atoms with Gasteiger partial charge in [0.2, 0.25) is 11.8 Å². The van der Waals surface area contributed by atoms with Gasteiger partial charge >= 0.3 is 5.97 Å². The minimum Gasteiger partial charge on any atom is -0.508 e. The molecular formula is C39H36Cl3N3O8. The molecule has 6 unspecified atom stereocenters. The first-order valence-corrected chi connectivity index (χ1v) is 18.5. The summed E-state index contributed by atoms with van der Waals surface area (Å²) >= 11 is 19.2. The minimum absolute atomic E-state index is 0.000411. The number of allylic oxidation sites excluding steroid dienone is 2. The molecular weight excluding hydrogens is 745 g/mol. The van der Waals surface area contributed by atoms with Gasteiger partial charge in [0.05, 0.1) is 41.0 Å². The number of fused-ring (bicyclic) bond motifs is 4. The summed E-state index contributed by atoms with van der Waals surface area (Å²) < 4.78 is 5.43. The zero-order valence-corrected chi connectivity index (χ0v) is 30.8. The summed E-state index contributed by atoms with van der Waals surface area (Å²) in [4.78, 5) is 70.5. The van der Waals surface area contributed by atoms with Gasteiger partial charge in [0, 0.05) is 34.5 Å². The zero-order chi connectivity index (χ0) is 37.8. The Labute approximate surface area is 320 Å². The van der Waals surface area contributed by atoms with Crippen LogP contribution in [0.25, 0.3) is 0 Å². The number of carboxylic acid groups (broad SMARTS) is 1. The lowest BCUT2D eigenvalue weighted by Crippen LogP contribution is -2.53. The summed E-state index contributed by atoms with van der Waals surface area (Å²) in [6, 6.07) is 16.0. The molecule has 1 saturated carbocycles. The van der Waals surface area contributed by atoms with E-state index in [2.05, 4.69) is 5.43 Å². The van der Waals surface area contributed by atoms with E-state index in [9.17, 15) is 24.3 Å². The summed E-state index contributed by atoms with van der Waals surface area (Å²) in [5.41, 5.74) is 2.99. The quantitative estimate of drug-likeness (QED) is 0.106. The van der Waals surface area contributed by atoms with Crippen molar-refractivity contribution >= 4 is 70.1 Å². The van der Waals surface area contributed by atoms with Crippen LogP contribution in [0.2, 0.25) is 15.1 Å². The maximum atomic E-state index is 15.3. The number of carbonyl (C=O) groups excluding carboxylic acids is 4. The molecule has 0 aromatic heterocycles. The predicted octanol–water partition coefficient (Wildman–Crippen LogP) is 6.99. The Morgan fingerprint density at radius 2 is 1.62 bits per heavy atom. The Kier molecular flexibility index (Phi) is 9.95. The smallest absolute Gasteiger partial charge is 0.303 e. The molecule has 3 aromatic rings. The topological polar surface area (TPSA) is 154 Å². The zero-order valence-electron chi connectivity index (χ0n) is 28.6. The summed E-state index contributed by atoms with van der Waals surface area (Å²) in [6.45, 7) is 0.154. The number of carboxylic acids is 1. The number of hydrogen-bond donors (Lipinski definition) is 3. The Hall–Kier alpha value is -4.58. The van der Waals surface area contributed by atoms with E-state index in [1.807, 2.05) is 6.08 Å². The molecule has 3 fully saturated rings. The van der Waals surface area contributed by atoms with Crippen molar-refractivity contribution < 1.29 is 38.9 Å². The molecule has 53 heavy (non-hydrogen) atoms. The summed E-state index contributed by atoms with van der Waals surface area (Å²) in [7, 11) is 1.52. The third-order valence-electron chi connectivity index (χ3n) is 11.2. The van der Waals surface area contributed by atoms with Crippen LogP contribution in [-0.2, 0) is 29.4 Å². The normalized spacial score (nSPS) is 26.3. The number of rotatable bonds is 11. The van der Waals surface area contributed by atoms with E-state index in [0.717, 1.165) is 5.01 Å². The molecule has 2 aliphatic heterocycles. The van der Waals surface area contributed by atoms with Crippen LogP contribution in [-0.4, -0.2) is 63.4 Å². The number of unbranched alkanes of at least 4 members (excludes halogenated alkanes) is 2. The number of hydrogen-bond acceptors (Lipinski definition) is 8. The van der Waals surface area contributed by atoms with Gasteiger partial charge in [-0.15, -0.1) is 0 Å². The van der Waals surface area contributed by atoms with Gasteiger partial charge in [-0.2, -0.15) is 5.01 Å². The number of amides is 4. The number of nitrogens with zero attached hydrogens (tertiary/aromatic N) is 2. The third kappa shape index (κ3) is 6.12. The maximum absolute atomic E-state index is 15.3. The van der Waals surface area contributed by atoms with Crippen LogP contribution in [0, 0.1) is 23.7 Å². The van der Waals surface area contributed by atoms with Crippen molar-refractivity contribution in [2.75, 3.05) is 19.1 Å². The van der Waals surface area contributed by atoms with Crippen LogP contribution < -0.4 is 10.2 Å². The van der Waals surface area contributed by atoms with E-state index < -0.39 is 52.8 Å². The number of phenolic OH excluding ortho intramolecular Hbond substituents is 1. The number of ether oxygens (including phenoxy) is 1. The number of benzene rings is 3. The SMILES string of the molecule is COc1ccc(C23C(=O)N(Nc4ccc(Cl)cc4Cl)C(=O)C2CC2C(=CCC4C(=O)N(CCCCCC(=O)O)C(=O)C42)C3c2cc(Cl)ccc2O)cc1. The van der Waals surface area contributed by atoms with Crippen molar-refractivity contribution in [1.29, 1.82) is 0 Å². The number of hydrazine groups is 1. The number of methoxy groups -OCH3 is 1. The first kappa shape index (κ1) is 36.8. The molecule has 14 heteroatoms. The Balaban J connectivity index is 1.37. The maximum Gasteiger partial charge on any atom is 0.303 e. The second-order valence-electron chi connectivity index (χ2n) is 13.9. The second kappa shape index (κ2) is 14.3. The van der Waals surface area contributed by atoms with E-state index in [1.54, 1.807) is 42.5 Å². The summed E-state index contributed by atoms with van der Waals surface area (Å²) in [5.74, 6) is -6.57. The van der Waals surface area contributed by atoms with Crippen LogP contribution in [0.15, 0.2) is 72.3 Å². The van der Waals surface area contributed by atoms with Gasteiger partial charge < -0.3 is 14.9 Å². The Morgan fingerprint density at radius 1 is 0.906 bits per heavy atom. The molecule has 11 nitrogen and oxygen atoms in total. The molecule has 2 saturated heterocycles. The number of aromatic hydroxyl groups is 1. The second-order valence-corrected chi connectivity index (χ2v) is 15.2. The highest BCUT2D eigenvalue weighted by molar-refractivity contribution is 6.36. The predicted molar refractivity (Wildman–Crippen MR) is 197 cm³/mol. The fraction of sp³-hybridized carbons (Fsp3) is 0.359. The molecule has 0 spiro atoms. The molecule has 6 atom stereocenters. The van der Waals surface area contributed by atoms with Crippen molar-refractivity contribution in [1.82, 2.24) is 9.91 Å². The molecule has 0 radical (unpaired) electrons. The minimum atomic E-state index is -1.65. The monoisotopic (exact) mass is 779 g/mol. The number of likely N-dealkylation sites (tertiary alicyclic amines) is 1. The fourth-order valence-electron chi connectivity index (χ4n) is 8.95. The van der Waals surface area contributed by atoms with E-state index in [4.69, 9.17) is 44.6 Å². The van der Waals surface area contributed by atoms with Crippen molar-refractivity contribution in [3.8, 4) is 11.5 Å². The molecule has 2 aliphatic carbocycles. The third-order valence-corrected chi connectivity index (χ3v) is 12.0. The number of anilines is 1. The van der Waals surface area contributed by atoms with Gasteiger partial charge in [0.1, 0.15) is 11.5 Å². The first-order chi connectivity index (χ1) is 25.4. The first-order valence-electron chi connectivity index (χ1n) is 17.4. The average molecular weight is 781 g/mol. The van der Waals surface area contributed by atoms with E-state index in [0.29, 0.717) is 46.7 Å². The van der Waals surface area contributed by atoms with Crippen LogP contribution in [0.1, 0.15) is 55.6 Å². The molecule has 0 bridgehead atoms. The molecule has 276 valence electrons. The molecule has 4 amide bonds. The van der Waals surface area contributed by atoms with Crippen LogP contribution in [0.5, 0.6) is 11.5 Å². The van der Waals surface area contributed by atoms with Gasteiger partial charge in [-0.1, -0.05) is 65.0 Å². The highest BCUT2D eigenvalue weighted by Crippen LogP contribution is 2.65. The molecule has 7 rings (SSSR count). The van der Waals surface area contributed by atoms with Gasteiger partial charge in [0.25, 0.3) is 11.8 Å². The van der Waals surface area contributed by atoms with Crippen LogP contribution >= 0.6 is 34.8 Å². The molecule has 3 N–H and O–H groups in total. The lowest BCUT2D eigenvalue weighted by atomic mass is 9.49. The van der Waals surface area contributed by atoms with Crippen molar-refractivity contribution in [2.45, 2.75) is 49.9 Å². The van der Waals surface area contributed by atoms with Gasteiger partial charge in [-0.25, -0.2) is 0 Å². The van der Waals surface area contributed by atoms with Crippen LogP contribution in [0.4, 0.5) is 5.69 Å². The largest absolute Gasteiger partial charge is 0.508 e. The summed E-state index contributed by atoms with van der Waals surface area (Å²) in [6.07, 6.45) is 3.57. The number of carbonyl (C=O) groups is 5. The molecule has 4 aliphatic rings. The Morgan fingerprint density at radius 3 is 2.32 bits per heavy atom. The van der Waals surface area contributed by atoms with Crippen LogP contribution in [0.3, 0.4) is 0 Å². The van der Waals surface area contributed by atoms with Crippen molar-refractivity contribution in [3.63, 3.8) is 0 Å². The number of phenols is 1. The lowest BCUT2D eigenvalue weighted by Gasteiger charge is -2.50. The highest BCUT2D eigenvalue weighted by Gasteiger charge is 2.70. The van der Waals surface area contributed by atoms with Gasteiger partial charge in [-0.05, 0) is 85.7 Å². The Bertz CT molecular complexity index is 2060. The highest BCUT2D eigenvalue weighted by atomic mass is 35.5. The van der Waals surface area contributed by atoms with Gasteiger partial charge in [0.15, 0.2) is 0 Å². The standard InChI is InChI=1S/C39H36Cl3N3O8/c1-53-23-10-6-20(7-11-23)39-28(36(50)45(38(39)52)43-30-14-8-22(41)18-29(30)42)19-26-24(34(39)27-17-21(40)9-15-31(27)46)12-13-25-33(26)37(51)44(35(25)49)16-4-2-3-5-32(47)48/h6-12,14-15,17-18,25-26,28,33-34,43,46H,2-5,13,16,19H2,1H3,(H,47,48). The van der Waals surface area contributed by atoms with Gasteiger partial charge in [-0.3, -0.25) is 34.3 Å². The molecule has 2 heterocycles. The van der Waals surface area contributed by atoms with Crippen molar-refractivity contribution in [3.05, 3.63) is 98.5 Å². The van der Waals surface area contributed by atoms with E-state index in [-0.39, 0.29) is 59.1 Å².